The van der Waals surface area contributed by atoms with Crippen LogP contribution in [0.4, 0.5) is 4.79 Å². The molecule has 2 N–H and O–H groups in total. The number of hydrogen-bond donors (Lipinski definition) is 2. The van der Waals surface area contributed by atoms with Crippen LogP contribution < -0.4 is 5.32 Å². The molecule has 0 saturated carbocycles. The van der Waals surface area contributed by atoms with Gasteiger partial charge in [0.15, 0.2) is 0 Å². The number of carboxylic acids is 1. The van der Waals surface area contributed by atoms with Crippen molar-refractivity contribution in [2.75, 3.05) is 6.54 Å². The number of hydrogen-bond acceptors (Lipinski definition) is 6. The second-order valence-electron chi connectivity index (χ2n) is 3.97. The van der Waals surface area contributed by atoms with Crippen LogP contribution in [-0.2, 0) is 19.1 Å². The second-order valence-corrected chi connectivity index (χ2v) is 5.76. The van der Waals surface area contributed by atoms with E-state index in [2.05, 4.69) is 10.1 Å². The third kappa shape index (κ3) is 9.18. The van der Waals surface area contributed by atoms with Gasteiger partial charge in [-0.05, 0) is 5.25 Å². The first-order valence-corrected chi connectivity index (χ1v) is 6.66. The van der Waals surface area contributed by atoms with Gasteiger partial charge in [-0.15, -0.1) is 11.8 Å². The van der Waals surface area contributed by atoms with Crippen LogP contribution >= 0.6 is 11.8 Å². The summed E-state index contributed by atoms with van der Waals surface area (Å²) in [7, 11) is 0. The summed E-state index contributed by atoms with van der Waals surface area (Å²) in [4.78, 5) is 32.9. The first-order chi connectivity index (χ1) is 8.72. The Morgan fingerprint density at radius 3 is 2.21 bits per heavy atom. The zero-order valence-corrected chi connectivity index (χ0v) is 12.2. The smallest absolute Gasteiger partial charge is 0.410 e. The maximum Gasteiger partial charge on any atom is 0.410 e. The molecule has 0 radical (unpaired) electrons. The fraction of sp³-hybridized carbons (Fsp3) is 0.727. The minimum Gasteiger partial charge on any atom is -0.480 e. The predicted octanol–water partition coefficient (Wildman–Crippen LogP) is 1.22. The van der Waals surface area contributed by atoms with Crippen LogP contribution in [0.5, 0.6) is 0 Å². The Morgan fingerprint density at radius 2 is 1.79 bits per heavy atom. The quantitative estimate of drug-likeness (QED) is 0.537. The number of nitrogens with one attached hydrogen (secondary N) is 1. The lowest BCUT2D eigenvalue weighted by Crippen LogP contribution is -2.37. The molecule has 0 saturated heterocycles. The van der Waals surface area contributed by atoms with Gasteiger partial charge in [0.25, 0.3) is 0 Å². The average molecular weight is 293 g/mol. The van der Waals surface area contributed by atoms with Crippen molar-refractivity contribution in [1.82, 2.24) is 5.32 Å². The molecule has 0 aliphatic rings. The number of rotatable bonds is 7. The highest BCUT2D eigenvalue weighted by Crippen LogP contribution is 2.16. The standard InChI is InChI=1S/C11H19NO6S/c1-6(2)19-9(10(14)15)5-12-11(16)18-8(4)17-7(3)13/h6,8-9H,5H2,1-4H3,(H,12,16)(H,14,15)/t8-,9+/m1/s1. The Kier molecular flexibility index (Phi) is 7.97. The van der Waals surface area contributed by atoms with Gasteiger partial charge < -0.3 is 19.9 Å². The van der Waals surface area contributed by atoms with Crippen LogP contribution in [0.3, 0.4) is 0 Å². The van der Waals surface area contributed by atoms with E-state index in [1.165, 1.54) is 25.6 Å². The number of carbonyl (C=O) groups is 3. The lowest BCUT2D eigenvalue weighted by Gasteiger charge is -2.17. The number of carboxylic acid groups (broad SMARTS) is 1. The molecule has 0 aliphatic heterocycles. The summed E-state index contributed by atoms with van der Waals surface area (Å²) in [6.45, 7) is 6.24. The molecule has 0 aromatic rings. The summed E-state index contributed by atoms with van der Waals surface area (Å²) in [5.74, 6) is -1.58. The minimum absolute atomic E-state index is 0.0657. The van der Waals surface area contributed by atoms with Gasteiger partial charge in [-0.3, -0.25) is 9.59 Å². The van der Waals surface area contributed by atoms with Crippen molar-refractivity contribution in [2.45, 2.75) is 44.5 Å². The maximum absolute atomic E-state index is 11.3. The highest BCUT2D eigenvalue weighted by Gasteiger charge is 2.21. The normalized spacial score (nSPS) is 13.5. The van der Waals surface area contributed by atoms with Crippen LogP contribution in [-0.4, -0.2) is 46.5 Å². The van der Waals surface area contributed by atoms with Crippen molar-refractivity contribution in [3.8, 4) is 0 Å². The third-order valence-electron chi connectivity index (χ3n) is 1.75. The minimum atomic E-state index is -1.02. The van der Waals surface area contributed by atoms with Gasteiger partial charge in [0.05, 0.1) is 0 Å². The van der Waals surface area contributed by atoms with Crippen LogP contribution in [0, 0.1) is 0 Å². The number of aliphatic carboxylic acids is 1. The average Bonchev–Trinajstić information content (AvgIpc) is 2.21. The molecule has 110 valence electrons. The van der Waals surface area contributed by atoms with Crippen LogP contribution in [0.15, 0.2) is 0 Å². The lowest BCUT2D eigenvalue weighted by atomic mass is 10.4. The van der Waals surface area contributed by atoms with Crippen LogP contribution in [0.1, 0.15) is 27.7 Å². The van der Waals surface area contributed by atoms with Gasteiger partial charge in [0.1, 0.15) is 5.25 Å². The number of esters is 1. The number of amides is 1. The van der Waals surface area contributed by atoms with E-state index in [0.717, 1.165) is 0 Å². The molecule has 1 amide bonds. The van der Waals surface area contributed by atoms with E-state index >= 15 is 0 Å². The number of thioether (sulfide) groups is 1. The van der Waals surface area contributed by atoms with Crippen molar-refractivity contribution in [1.29, 1.82) is 0 Å². The molecule has 0 unspecified atom stereocenters. The van der Waals surface area contributed by atoms with Crippen molar-refractivity contribution in [2.24, 2.45) is 0 Å². The number of alkyl carbamates (subject to hydrolysis) is 1. The fourth-order valence-electron chi connectivity index (χ4n) is 1.15. The molecule has 0 fully saturated rings. The summed E-state index contributed by atoms with van der Waals surface area (Å²) in [6, 6.07) is 0. The fourth-order valence-corrected chi connectivity index (χ4v) is 2.10. The van der Waals surface area contributed by atoms with Crippen LogP contribution in [0.2, 0.25) is 0 Å². The van der Waals surface area contributed by atoms with E-state index in [1.54, 1.807) is 0 Å². The van der Waals surface area contributed by atoms with Gasteiger partial charge >= 0.3 is 18.0 Å². The molecule has 8 heteroatoms. The molecule has 0 rings (SSSR count). The zero-order chi connectivity index (χ0) is 15.0. The van der Waals surface area contributed by atoms with Gasteiger partial charge in [-0.2, -0.15) is 0 Å². The molecule has 0 aromatic heterocycles. The molecule has 0 spiro atoms. The van der Waals surface area contributed by atoms with Gasteiger partial charge in [0, 0.05) is 20.4 Å². The predicted molar refractivity (Wildman–Crippen MR) is 69.9 cm³/mol. The Labute approximate surface area is 116 Å². The van der Waals surface area contributed by atoms with E-state index < -0.39 is 29.6 Å². The molecular formula is C11H19NO6S. The molecule has 7 nitrogen and oxygen atoms in total. The molecule has 19 heavy (non-hydrogen) atoms. The largest absolute Gasteiger partial charge is 0.480 e. The summed E-state index contributed by atoms with van der Waals surface area (Å²) in [5, 5.41) is 10.6. The Balaban J connectivity index is 4.11. The second kappa shape index (κ2) is 8.63. The van der Waals surface area contributed by atoms with E-state index in [0.29, 0.717) is 0 Å². The monoisotopic (exact) mass is 293 g/mol. The summed E-state index contributed by atoms with van der Waals surface area (Å²) in [5.41, 5.74) is 0. The third-order valence-corrected chi connectivity index (χ3v) is 2.99. The number of carbonyl (C=O) groups excluding carboxylic acids is 2. The first-order valence-electron chi connectivity index (χ1n) is 5.72. The van der Waals surface area contributed by atoms with Crippen molar-refractivity contribution < 1.29 is 29.0 Å². The van der Waals surface area contributed by atoms with Crippen molar-refractivity contribution >= 4 is 29.8 Å². The van der Waals surface area contributed by atoms with E-state index in [9.17, 15) is 14.4 Å². The topological polar surface area (TPSA) is 102 Å². The molecular weight excluding hydrogens is 274 g/mol. The lowest BCUT2D eigenvalue weighted by molar-refractivity contribution is -0.162. The first kappa shape index (κ1) is 17.6. The highest BCUT2D eigenvalue weighted by molar-refractivity contribution is 8.01. The summed E-state index contributed by atoms with van der Waals surface area (Å²) >= 11 is 1.22. The molecule has 0 heterocycles. The van der Waals surface area contributed by atoms with Gasteiger partial charge in [0.2, 0.25) is 6.29 Å². The molecule has 0 aliphatic carbocycles. The summed E-state index contributed by atoms with van der Waals surface area (Å²) in [6.07, 6.45) is -1.84. The van der Waals surface area contributed by atoms with Gasteiger partial charge in [-0.1, -0.05) is 13.8 Å². The van der Waals surface area contributed by atoms with Crippen LogP contribution in [0.25, 0.3) is 0 Å². The van der Waals surface area contributed by atoms with E-state index in [4.69, 9.17) is 9.84 Å². The van der Waals surface area contributed by atoms with Crippen molar-refractivity contribution in [3.05, 3.63) is 0 Å². The highest BCUT2D eigenvalue weighted by atomic mass is 32.2. The zero-order valence-electron chi connectivity index (χ0n) is 11.3. The SMILES string of the molecule is CC(=O)O[C@@H](C)OC(=O)NC[C@H](SC(C)C)C(=O)O. The van der Waals surface area contributed by atoms with Crippen molar-refractivity contribution in [3.63, 3.8) is 0 Å². The Morgan fingerprint density at radius 1 is 1.21 bits per heavy atom. The van der Waals surface area contributed by atoms with Gasteiger partial charge in [-0.25, -0.2) is 4.79 Å². The maximum atomic E-state index is 11.3. The molecule has 0 bridgehead atoms. The molecule has 0 aromatic carbocycles. The Bertz CT molecular complexity index is 333. The number of ether oxygens (including phenoxy) is 2. The summed E-state index contributed by atoms with van der Waals surface area (Å²) < 4.78 is 9.30. The Hall–Kier alpha value is -1.44. The molecule has 2 atom stereocenters. The van der Waals surface area contributed by atoms with E-state index in [1.807, 2.05) is 13.8 Å². The van der Waals surface area contributed by atoms with E-state index in [-0.39, 0.29) is 11.8 Å².